The molecule has 1 aliphatic carbocycles. The van der Waals surface area contributed by atoms with E-state index in [1.54, 1.807) is 11.8 Å². The molecule has 0 bridgehead atoms. The highest BCUT2D eigenvalue weighted by Crippen LogP contribution is 2.38. The lowest BCUT2D eigenvalue weighted by molar-refractivity contribution is -0.128. The SMILES string of the molecule is O=C(NC1CC1)c1ccc([C@@H]2SCC(=O)N2CCc2ccccc2)cc1. The fourth-order valence-corrected chi connectivity index (χ4v) is 4.38. The van der Waals surface area contributed by atoms with Crippen LogP contribution < -0.4 is 5.32 Å². The van der Waals surface area contributed by atoms with Crippen molar-refractivity contribution in [3.8, 4) is 0 Å². The zero-order valence-electron chi connectivity index (χ0n) is 14.6. The summed E-state index contributed by atoms with van der Waals surface area (Å²) < 4.78 is 0. The third kappa shape index (κ3) is 3.93. The van der Waals surface area contributed by atoms with Crippen LogP contribution in [0.2, 0.25) is 0 Å². The van der Waals surface area contributed by atoms with E-state index in [1.165, 1.54) is 5.56 Å². The van der Waals surface area contributed by atoms with Crippen LogP contribution in [-0.2, 0) is 11.2 Å². The molecule has 4 rings (SSSR count). The molecule has 26 heavy (non-hydrogen) atoms. The first kappa shape index (κ1) is 17.2. The first-order valence-electron chi connectivity index (χ1n) is 9.06. The van der Waals surface area contributed by atoms with Crippen LogP contribution in [0.1, 0.15) is 39.7 Å². The highest BCUT2D eigenvalue weighted by molar-refractivity contribution is 8.00. The number of benzene rings is 2. The van der Waals surface area contributed by atoms with Gasteiger partial charge in [-0.15, -0.1) is 11.8 Å². The lowest BCUT2D eigenvalue weighted by atomic mass is 10.1. The van der Waals surface area contributed by atoms with Crippen molar-refractivity contribution in [2.45, 2.75) is 30.7 Å². The lowest BCUT2D eigenvalue weighted by Crippen LogP contribution is -2.30. The van der Waals surface area contributed by atoms with Gasteiger partial charge in [0.05, 0.1) is 5.75 Å². The Balaban J connectivity index is 1.43. The van der Waals surface area contributed by atoms with Crippen LogP contribution in [0.4, 0.5) is 0 Å². The zero-order valence-corrected chi connectivity index (χ0v) is 15.4. The second kappa shape index (κ2) is 7.54. The van der Waals surface area contributed by atoms with Gasteiger partial charge >= 0.3 is 0 Å². The van der Waals surface area contributed by atoms with E-state index >= 15 is 0 Å². The second-order valence-electron chi connectivity index (χ2n) is 6.86. The number of thioether (sulfide) groups is 1. The standard InChI is InChI=1S/C21H22N2O2S/c24-19-14-26-21(23(19)13-12-15-4-2-1-3-5-15)17-8-6-16(7-9-17)20(25)22-18-10-11-18/h1-9,18,21H,10-14H2,(H,22,25)/t21-/m0/s1. The van der Waals surface area contributed by atoms with E-state index < -0.39 is 0 Å². The summed E-state index contributed by atoms with van der Waals surface area (Å²) in [6.45, 7) is 0.713. The Kier molecular flexibility index (Phi) is 4.98. The molecule has 1 saturated heterocycles. The summed E-state index contributed by atoms with van der Waals surface area (Å²) in [6.07, 6.45) is 3.02. The molecule has 0 unspecified atom stereocenters. The predicted molar refractivity (Wildman–Crippen MR) is 104 cm³/mol. The molecule has 1 heterocycles. The topological polar surface area (TPSA) is 49.4 Å². The highest BCUT2D eigenvalue weighted by Gasteiger charge is 2.32. The zero-order chi connectivity index (χ0) is 17.9. The number of hydrogen-bond donors (Lipinski definition) is 1. The maximum Gasteiger partial charge on any atom is 0.251 e. The number of nitrogens with zero attached hydrogens (tertiary/aromatic N) is 1. The second-order valence-corrected chi connectivity index (χ2v) is 7.92. The Labute approximate surface area is 158 Å². The van der Waals surface area contributed by atoms with Gasteiger partial charge in [0.2, 0.25) is 5.91 Å². The van der Waals surface area contributed by atoms with Crippen molar-refractivity contribution in [2.75, 3.05) is 12.3 Å². The Morgan fingerprint density at radius 2 is 1.81 bits per heavy atom. The number of nitrogens with one attached hydrogen (secondary N) is 1. The van der Waals surface area contributed by atoms with Gasteiger partial charge in [0, 0.05) is 18.2 Å². The number of hydrogen-bond acceptors (Lipinski definition) is 3. The molecule has 0 spiro atoms. The minimum atomic E-state index is -0.00450. The molecule has 1 N–H and O–H groups in total. The van der Waals surface area contributed by atoms with Crippen LogP contribution in [-0.4, -0.2) is 35.1 Å². The van der Waals surface area contributed by atoms with Crippen LogP contribution >= 0.6 is 11.8 Å². The van der Waals surface area contributed by atoms with Crippen LogP contribution in [0.25, 0.3) is 0 Å². The minimum Gasteiger partial charge on any atom is -0.349 e. The molecule has 0 radical (unpaired) electrons. The average molecular weight is 366 g/mol. The van der Waals surface area contributed by atoms with E-state index in [0.717, 1.165) is 24.8 Å². The molecule has 4 nitrogen and oxygen atoms in total. The van der Waals surface area contributed by atoms with Gasteiger partial charge in [-0.3, -0.25) is 9.59 Å². The highest BCUT2D eigenvalue weighted by atomic mass is 32.2. The van der Waals surface area contributed by atoms with Crippen molar-refractivity contribution in [1.82, 2.24) is 10.2 Å². The third-order valence-corrected chi connectivity index (χ3v) is 6.08. The smallest absolute Gasteiger partial charge is 0.251 e. The lowest BCUT2D eigenvalue weighted by Gasteiger charge is -2.24. The van der Waals surface area contributed by atoms with Crippen molar-refractivity contribution in [3.05, 3.63) is 71.3 Å². The van der Waals surface area contributed by atoms with Crippen LogP contribution in [0, 0.1) is 0 Å². The molecule has 1 saturated carbocycles. The van der Waals surface area contributed by atoms with Crippen LogP contribution in [0.15, 0.2) is 54.6 Å². The number of amides is 2. The van der Waals surface area contributed by atoms with E-state index in [4.69, 9.17) is 0 Å². The first-order valence-corrected chi connectivity index (χ1v) is 10.1. The third-order valence-electron chi connectivity index (χ3n) is 4.82. The summed E-state index contributed by atoms with van der Waals surface area (Å²) in [5.41, 5.74) is 3.01. The van der Waals surface area contributed by atoms with Crippen molar-refractivity contribution in [2.24, 2.45) is 0 Å². The average Bonchev–Trinajstić information content (AvgIpc) is 3.41. The van der Waals surface area contributed by atoms with E-state index in [9.17, 15) is 9.59 Å². The summed E-state index contributed by atoms with van der Waals surface area (Å²) in [4.78, 5) is 26.4. The van der Waals surface area contributed by atoms with Crippen LogP contribution in [0.5, 0.6) is 0 Å². The molecule has 2 aromatic carbocycles. The summed E-state index contributed by atoms with van der Waals surface area (Å²) in [5, 5.41) is 3.04. The summed E-state index contributed by atoms with van der Waals surface area (Å²) in [5.74, 6) is 0.699. The Morgan fingerprint density at radius 3 is 2.50 bits per heavy atom. The maximum atomic E-state index is 12.3. The van der Waals surface area contributed by atoms with Gasteiger partial charge in [0.25, 0.3) is 5.91 Å². The van der Waals surface area contributed by atoms with E-state index in [0.29, 0.717) is 23.9 Å². The Hall–Kier alpha value is -2.27. The van der Waals surface area contributed by atoms with Gasteiger partial charge in [0.1, 0.15) is 5.37 Å². The normalized spacial score (nSPS) is 19.6. The largest absolute Gasteiger partial charge is 0.349 e. The molecule has 2 fully saturated rings. The van der Waals surface area contributed by atoms with Crippen molar-refractivity contribution in [1.29, 1.82) is 0 Å². The van der Waals surface area contributed by atoms with E-state index in [1.807, 2.05) is 47.4 Å². The summed E-state index contributed by atoms with van der Waals surface area (Å²) in [6, 6.07) is 18.3. The van der Waals surface area contributed by atoms with Gasteiger partial charge in [-0.2, -0.15) is 0 Å². The quantitative estimate of drug-likeness (QED) is 0.852. The molecular formula is C21H22N2O2S. The van der Waals surface area contributed by atoms with Gasteiger partial charge < -0.3 is 10.2 Å². The Bertz CT molecular complexity index is 787. The monoisotopic (exact) mass is 366 g/mol. The maximum absolute atomic E-state index is 12.3. The molecule has 2 aromatic rings. The van der Waals surface area contributed by atoms with Crippen molar-refractivity contribution >= 4 is 23.6 Å². The fourth-order valence-electron chi connectivity index (χ4n) is 3.16. The minimum absolute atomic E-state index is 0.00450. The van der Waals surface area contributed by atoms with Gasteiger partial charge in [-0.05, 0) is 42.5 Å². The Morgan fingerprint density at radius 1 is 1.08 bits per heavy atom. The van der Waals surface area contributed by atoms with Gasteiger partial charge in [-0.25, -0.2) is 0 Å². The number of carbonyl (C=O) groups is 2. The van der Waals surface area contributed by atoms with E-state index in [-0.39, 0.29) is 17.2 Å². The predicted octanol–water partition coefficient (Wildman–Crippen LogP) is 3.40. The number of carbonyl (C=O) groups excluding carboxylic acids is 2. The first-order chi connectivity index (χ1) is 12.7. The molecule has 2 aliphatic rings. The summed E-state index contributed by atoms with van der Waals surface area (Å²) in [7, 11) is 0. The molecule has 134 valence electrons. The van der Waals surface area contributed by atoms with Crippen molar-refractivity contribution in [3.63, 3.8) is 0 Å². The van der Waals surface area contributed by atoms with Gasteiger partial charge in [-0.1, -0.05) is 42.5 Å². The molecule has 0 aromatic heterocycles. The van der Waals surface area contributed by atoms with Gasteiger partial charge in [0.15, 0.2) is 0 Å². The summed E-state index contributed by atoms with van der Waals surface area (Å²) >= 11 is 1.66. The molecular weight excluding hydrogens is 344 g/mol. The number of rotatable bonds is 6. The molecule has 1 aliphatic heterocycles. The van der Waals surface area contributed by atoms with Crippen LogP contribution in [0.3, 0.4) is 0 Å². The molecule has 2 amide bonds. The molecule has 5 heteroatoms. The van der Waals surface area contributed by atoms with Crippen molar-refractivity contribution < 1.29 is 9.59 Å². The fraction of sp³-hybridized carbons (Fsp3) is 0.333. The van der Waals surface area contributed by atoms with E-state index in [2.05, 4.69) is 17.4 Å². The molecule has 1 atom stereocenters.